The summed E-state index contributed by atoms with van der Waals surface area (Å²) in [6.07, 6.45) is 0.886. The monoisotopic (exact) mass is 318 g/mol. The fourth-order valence-electron chi connectivity index (χ4n) is 2.28. The van der Waals surface area contributed by atoms with Crippen LogP contribution >= 0.6 is 11.6 Å². The predicted octanol–water partition coefficient (Wildman–Crippen LogP) is 1.97. The summed E-state index contributed by atoms with van der Waals surface area (Å²) in [7, 11) is -3.62. The van der Waals surface area contributed by atoms with Gasteiger partial charge in [-0.1, -0.05) is 18.5 Å². The van der Waals surface area contributed by atoms with Crippen molar-refractivity contribution in [3.05, 3.63) is 23.2 Å². The molecule has 1 aromatic rings. The molecule has 0 saturated carbocycles. The van der Waals surface area contributed by atoms with E-state index in [9.17, 15) is 8.42 Å². The van der Waals surface area contributed by atoms with Gasteiger partial charge in [-0.05, 0) is 30.5 Å². The molecule has 2 rings (SSSR count). The summed E-state index contributed by atoms with van der Waals surface area (Å²) in [5, 5.41) is 0.359. The highest BCUT2D eigenvalue weighted by Gasteiger charge is 2.29. The lowest BCUT2D eigenvalue weighted by Gasteiger charge is -2.23. The Morgan fingerprint density at radius 2 is 2.25 bits per heavy atom. The van der Waals surface area contributed by atoms with Crippen LogP contribution in [0.4, 0.5) is 5.69 Å². The molecular weight excluding hydrogens is 300 g/mol. The zero-order valence-electron chi connectivity index (χ0n) is 11.4. The van der Waals surface area contributed by atoms with Gasteiger partial charge in [-0.15, -0.1) is 0 Å². The highest BCUT2D eigenvalue weighted by atomic mass is 35.5. The van der Waals surface area contributed by atoms with Gasteiger partial charge < -0.3 is 10.5 Å². The predicted molar refractivity (Wildman–Crippen MR) is 79.2 cm³/mol. The van der Waals surface area contributed by atoms with Crippen LogP contribution in [0.15, 0.2) is 23.1 Å². The lowest BCUT2D eigenvalue weighted by atomic mass is 10.1. The number of hydrogen-bond donors (Lipinski definition) is 1. The van der Waals surface area contributed by atoms with Crippen LogP contribution in [0.1, 0.15) is 13.3 Å². The molecule has 2 N–H and O–H groups in total. The van der Waals surface area contributed by atoms with Crippen molar-refractivity contribution in [3.8, 4) is 0 Å². The van der Waals surface area contributed by atoms with Crippen molar-refractivity contribution < 1.29 is 13.2 Å². The number of benzene rings is 1. The molecule has 1 fully saturated rings. The minimum Gasteiger partial charge on any atom is -0.398 e. The fraction of sp³-hybridized carbons (Fsp3) is 0.538. The number of nitrogens with two attached hydrogens (primary N) is 1. The second-order valence-corrected chi connectivity index (χ2v) is 7.21. The topological polar surface area (TPSA) is 72.6 Å². The minimum atomic E-state index is -3.62. The van der Waals surface area contributed by atoms with E-state index in [2.05, 4.69) is 0 Å². The molecule has 0 bridgehead atoms. The first kappa shape index (κ1) is 15.6. The maximum atomic E-state index is 12.7. The van der Waals surface area contributed by atoms with Gasteiger partial charge in [0.1, 0.15) is 4.90 Å². The quantitative estimate of drug-likeness (QED) is 0.842. The number of nitrogens with zero attached hydrogens (tertiary/aromatic N) is 1. The van der Waals surface area contributed by atoms with Gasteiger partial charge >= 0.3 is 0 Å². The Labute approximate surface area is 124 Å². The van der Waals surface area contributed by atoms with Crippen LogP contribution in [-0.2, 0) is 14.8 Å². The highest BCUT2D eigenvalue weighted by Crippen LogP contribution is 2.27. The lowest BCUT2D eigenvalue weighted by molar-refractivity contribution is 0.181. The second kappa shape index (κ2) is 6.30. The summed E-state index contributed by atoms with van der Waals surface area (Å²) in [6.45, 7) is 3.96. The molecular formula is C13H19ClN2O3S. The Morgan fingerprint density at radius 1 is 1.50 bits per heavy atom. The first-order valence-electron chi connectivity index (χ1n) is 6.58. The molecule has 1 atom stereocenters. The first-order chi connectivity index (χ1) is 9.45. The van der Waals surface area contributed by atoms with Crippen molar-refractivity contribution >= 4 is 27.3 Å². The minimum absolute atomic E-state index is 0.0748. The second-order valence-electron chi connectivity index (χ2n) is 4.87. The number of sulfonamides is 1. The first-order valence-corrected chi connectivity index (χ1v) is 8.40. The van der Waals surface area contributed by atoms with Crippen LogP contribution in [0.3, 0.4) is 0 Å². The van der Waals surface area contributed by atoms with Gasteiger partial charge in [-0.25, -0.2) is 8.42 Å². The van der Waals surface area contributed by atoms with Crippen LogP contribution in [0, 0.1) is 5.92 Å². The van der Waals surface area contributed by atoms with Gasteiger partial charge in [0, 0.05) is 24.7 Å². The third-order valence-electron chi connectivity index (χ3n) is 3.43. The molecule has 112 valence electrons. The summed E-state index contributed by atoms with van der Waals surface area (Å²) in [4.78, 5) is 0.0748. The molecule has 1 aliphatic rings. The Balaban J connectivity index is 2.28. The van der Waals surface area contributed by atoms with Gasteiger partial charge in [-0.2, -0.15) is 4.31 Å². The summed E-state index contributed by atoms with van der Waals surface area (Å²) < 4.78 is 32.1. The van der Waals surface area contributed by atoms with E-state index >= 15 is 0 Å². The Bertz CT molecular complexity index is 571. The van der Waals surface area contributed by atoms with E-state index in [0.717, 1.165) is 6.42 Å². The van der Waals surface area contributed by atoms with E-state index in [-0.39, 0.29) is 16.5 Å². The van der Waals surface area contributed by atoms with Gasteiger partial charge in [0.15, 0.2) is 0 Å². The van der Waals surface area contributed by atoms with Crippen molar-refractivity contribution in [2.75, 3.05) is 32.0 Å². The van der Waals surface area contributed by atoms with Crippen LogP contribution in [0.2, 0.25) is 5.02 Å². The standard InChI is InChI=1S/C13H19ClN2O3S/c1-2-16(8-10-5-6-19-9-10)20(17,18)13-7-11(14)3-4-12(13)15/h3-4,7,10H,2,5-6,8-9,15H2,1H3. The van der Waals surface area contributed by atoms with Crippen LogP contribution in [0.25, 0.3) is 0 Å². The number of halogens is 1. The maximum absolute atomic E-state index is 12.7. The number of rotatable bonds is 5. The van der Waals surface area contributed by atoms with E-state index in [1.165, 1.54) is 16.4 Å². The molecule has 1 aromatic carbocycles. The zero-order chi connectivity index (χ0) is 14.8. The van der Waals surface area contributed by atoms with E-state index in [1.807, 2.05) is 6.92 Å². The number of nitrogen functional groups attached to an aromatic ring is 1. The van der Waals surface area contributed by atoms with Gasteiger partial charge in [0.25, 0.3) is 0 Å². The maximum Gasteiger partial charge on any atom is 0.245 e. The third kappa shape index (κ3) is 3.25. The third-order valence-corrected chi connectivity index (χ3v) is 5.66. The Hall–Kier alpha value is -0.820. The average Bonchev–Trinajstić information content (AvgIpc) is 2.91. The molecule has 7 heteroatoms. The molecule has 0 radical (unpaired) electrons. The number of ether oxygens (including phenoxy) is 1. The van der Waals surface area contributed by atoms with Crippen molar-refractivity contribution in [2.45, 2.75) is 18.2 Å². The summed E-state index contributed by atoms with van der Waals surface area (Å²) in [5.41, 5.74) is 6.01. The SMILES string of the molecule is CCN(CC1CCOC1)S(=O)(=O)c1cc(Cl)ccc1N. The highest BCUT2D eigenvalue weighted by molar-refractivity contribution is 7.89. The zero-order valence-corrected chi connectivity index (χ0v) is 13.0. The van der Waals surface area contributed by atoms with Crippen LogP contribution in [-0.4, -0.2) is 39.0 Å². The van der Waals surface area contributed by atoms with Crippen molar-refractivity contribution in [1.82, 2.24) is 4.31 Å². The molecule has 0 aliphatic carbocycles. The average molecular weight is 319 g/mol. The van der Waals surface area contributed by atoms with Gasteiger partial charge in [0.2, 0.25) is 10.0 Å². The molecule has 1 aliphatic heterocycles. The van der Waals surface area contributed by atoms with Crippen LogP contribution in [0.5, 0.6) is 0 Å². The summed E-state index contributed by atoms with van der Waals surface area (Å²) >= 11 is 5.88. The van der Waals surface area contributed by atoms with E-state index in [1.54, 1.807) is 6.07 Å². The van der Waals surface area contributed by atoms with Crippen LogP contribution < -0.4 is 5.73 Å². The molecule has 1 saturated heterocycles. The molecule has 20 heavy (non-hydrogen) atoms. The molecule has 0 aromatic heterocycles. The van der Waals surface area contributed by atoms with Gasteiger partial charge in [-0.3, -0.25) is 0 Å². The summed E-state index contributed by atoms with van der Waals surface area (Å²) in [5.74, 6) is 0.241. The largest absolute Gasteiger partial charge is 0.398 e. The molecule has 5 nitrogen and oxygen atoms in total. The van der Waals surface area contributed by atoms with E-state index in [4.69, 9.17) is 22.1 Å². The fourth-order valence-corrected chi connectivity index (χ4v) is 4.19. The summed E-state index contributed by atoms with van der Waals surface area (Å²) in [6, 6.07) is 4.50. The number of hydrogen-bond acceptors (Lipinski definition) is 4. The normalized spacial score (nSPS) is 19.6. The smallest absolute Gasteiger partial charge is 0.245 e. The van der Waals surface area contributed by atoms with E-state index in [0.29, 0.717) is 31.3 Å². The van der Waals surface area contributed by atoms with Gasteiger partial charge in [0.05, 0.1) is 12.3 Å². The Kier molecular flexibility index (Phi) is 4.90. The van der Waals surface area contributed by atoms with Crippen molar-refractivity contribution in [3.63, 3.8) is 0 Å². The lowest BCUT2D eigenvalue weighted by Crippen LogP contribution is -2.35. The molecule has 0 amide bonds. The van der Waals surface area contributed by atoms with Crippen molar-refractivity contribution in [1.29, 1.82) is 0 Å². The van der Waals surface area contributed by atoms with E-state index < -0.39 is 10.0 Å². The van der Waals surface area contributed by atoms with Crippen molar-refractivity contribution in [2.24, 2.45) is 5.92 Å². The number of anilines is 1. The molecule has 1 unspecified atom stereocenters. The Morgan fingerprint density at radius 3 is 2.85 bits per heavy atom. The molecule has 0 spiro atoms. The molecule has 1 heterocycles.